The van der Waals surface area contributed by atoms with Crippen molar-refractivity contribution in [2.75, 3.05) is 10.6 Å². The van der Waals surface area contributed by atoms with Gasteiger partial charge in [0.15, 0.2) is 11.6 Å². The molecule has 0 radical (unpaired) electrons. The first kappa shape index (κ1) is 34.2. The lowest BCUT2D eigenvalue weighted by molar-refractivity contribution is -0.384. The molecule has 3 amide bonds. The summed E-state index contributed by atoms with van der Waals surface area (Å²) in [5, 5.41) is 18.6. The van der Waals surface area contributed by atoms with Gasteiger partial charge >= 0.3 is 0 Å². The molecule has 0 saturated carbocycles. The van der Waals surface area contributed by atoms with E-state index in [1.807, 2.05) is 0 Å². The Morgan fingerprint density at radius 3 is 2.10 bits per heavy atom. The van der Waals surface area contributed by atoms with Crippen LogP contribution in [-0.2, 0) is 9.59 Å². The number of nitrogens with one attached hydrogen (secondary N) is 3. The Morgan fingerprint density at radius 2 is 1.39 bits per heavy atom. The lowest BCUT2D eigenvalue weighted by Gasteiger charge is -2.21. The van der Waals surface area contributed by atoms with Crippen LogP contribution in [0.1, 0.15) is 54.7 Å². The summed E-state index contributed by atoms with van der Waals surface area (Å²) >= 11 is 1.21. The summed E-state index contributed by atoms with van der Waals surface area (Å²) in [6.45, 7) is 1.69. The number of rotatable bonds is 10. The van der Waals surface area contributed by atoms with Gasteiger partial charge in [-0.15, -0.1) is 11.8 Å². The van der Waals surface area contributed by atoms with E-state index in [0.717, 1.165) is 0 Å². The van der Waals surface area contributed by atoms with Crippen molar-refractivity contribution in [1.82, 2.24) is 5.32 Å². The number of carbonyl (C=O) groups excluding carboxylic acids is 5. The molecule has 0 aromatic heterocycles. The fourth-order valence-electron chi connectivity index (χ4n) is 5.39. The smallest absolute Gasteiger partial charge is 0.272 e. The molecule has 0 heterocycles. The minimum atomic E-state index is -0.656. The van der Waals surface area contributed by atoms with E-state index >= 15 is 0 Å². The van der Waals surface area contributed by atoms with Crippen LogP contribution in [0.3, 0.4) is 0 Å². The maximum Gasteiger partial charge on any atom is 0.272 e. The van der Waals surface area contributed by atoms with Crippen molar-refractivity contribution in [2.24, 2.45) is 0 Å². The number of hydrogen-bond acceptors (Lipinski definition) is 8. The molecular formula is C39H28N4O7S. The van der Waals surface area contributed by atoms with Gasteiger partial charge in [0.2, 0.25) is 5.91 Å². The summed E-state index contributed by atoms with van der Waals surface area (Å²) in [6, 6.07) is 31.9. The lowest BCUT2D eigenvalue weighted by atomic mass is 9.83. The molecule has 0 spiro atoms. The average molecular weight is 697 g/mol. The molecule has 252 valence electrons. The predicted molar refractivity (Wildman–Crippen MR) is 194 cm³/mol. The van der Waals surface area contributed by atoms with Crippen molar-refractivity contribution in [3.05, 3.63) is 171 Å². The van der Waals surface area contributed by atoms with Crippen LogP contribution in [0.25, 0.3) is 6.08 Å². The third-order valence-corrected chi connectivity index (χ3v) is 9.02. The van der Waals surface area contributed by atoms with Gasteiger partial charge in [-0.2, -0.15) is 0 Å². The highest BCUT2D eigenvalue weighted by Gasteiger charge is 2.32. The van der Waals surface area contributed by atoms with Gasteiger partial charge in [0.1, 0.15) is 5.70 Å². The van der Waals surface area contributed by atoms with Crippen LogP contribution < -0.4 is 16.0 Å². The SMILES string of the molecule is CC(Sc1cccc(NC(=O)/C(=C\c2ccc([N+](=O)[O-])cc2)NC(=O)c2ccccc2)c1)C(=O)Nc1cccc2c1C(=O)c1ccccc1C2=O. The molecule has 5 aromatic carbocycles. The molecule has 0 bridgehead atoms. The number of nitro benzene ring substituents is 1. The number of benzene rings is 5. The minimum absolute atomic E-state index is 0.106. The molecule has 0 saturated heterocycles. The topological polar surface area (TPSA) is 165 Å². The number of thioether (sulfide) groups is 1. The minimum Gasteiger partial charge on any atom is -0.324 e. The second-order valence-corrected chi connectivity index (χ2v) is 12.8. The number of nitro groups is 1. The Kier molecular flexibility index (Phi) is 9.96. The largest absolute Gasteiger partial charge is 0.324 e. The zero-order valence-corrected chi connectivity index (χ0v) is 27.7. The molecule has 1 unspecified atom stereocenters. The van der Waals surface area contributed by atoms with Crippen LogP contribution in [0, 0.1) is 10.1 Å². The lowest BCUT2D eigenvalue weighted by Crippen LogP contribution is -2.30. The summed E-state index contributed by atoms with van der Waals surface area (Å²) in [4.78, 5) is 77.5. The summed E-state index contributed by atoms with van der Waals surface area (Å²) in [5.41, 5.74) is 2.12. The van der Waals surface area contributed by atoms with Crippen LogP contribution in [0.5, 0.6) is 0 Å². The van der Waals surface area contributed by atoms with Crippen molar-refractivity contribution in [2.45, 2.75) is 17.1 Å². The summed E-state index contributed by atoms with van der Waals surface area (Å²) in [6.07, 6.45) is 1.41. The quantitative estimate of drug-likeness (QED) is 0.0603. The second kappa shape index (κ2) is 14.8. The Labute approximate surface area is 295 Å². The summed E-state index contributed by atoms with van der Waals surface area (Å²) < 4.78 is 0. The molecule has 12 heteroatoms. The Morgan fingerprint density at radius 1 is 0.745 bits per heavy atom. The number of fused-ring (bicyclic) bond motifs is 2. The van der Waals surface area contributed by atoms with Crippen LogP contribution in [-0.4, -0.2) is 39.5 Å². The number of non-ortho nitro benzene ring substituents is 1. The van der Waals surface area contributed by atoms with Gasteiger partial charge in [-0.25, -0.2) is 0 Å². The third kappa shape index (κ3) is 7.66. The molecule has 1 aliphatic rings. The molecule has 1 aliphatic carbocycles. The summed E-state index contributed by atoms with van der Waals surface area (Å²) in [5.74, 6) is -2.22. The molecule has 5 aromatic rings. The Bertz CT molecular complexity index is 2250. The van der Waals surface area contributed by atoms with Crippen LogP contribution in [0.4, 0.5) is 17.1 Å². The average Bonchev–Trinajstić information content (AvgIpc) is 3.14. The molecule has 3 N–H and O–H groups in total. The van der Waals surface area contributed by atoms with E-state index in [4.69, 9.17) is 0 Å². The van der Waals surface area contributed by atoms with E-state index in [9.17, 15) is 34.1 Å². The Balaban J connectivity index is 1.17. The zero-order valence-electron chi connectivity index (χ0n) is 26.9. The van der Waals surface area contributed by atoms with E-state index in [1.54, 1.807) is 104 Å². The zero-order chi connectivity index (χ0) is 36.1. The van der Waals surface area contributed by atoms with Gasteiger partial charge < -0.3 is 16.0 Å². The van der Waals surface area contributed by atoms with E-state index in [1.165, 1.54) is 42.1 Å². The fraction of sp³-hybridized carbons (Fsp3) is 0.0513. The number of nitrogens with zero attached hydrogens (tertiary/aromatic N) is 1. The molecule has 0 fully saturated rings. The molecule has 11 nitrogen and oxygen atoms in total. The van der Waals surface area contributed by atoms with E-state index in [2.05, 4.69) is 16.0 Å². The molecule has 6 rings (SSSR count). The fourth-order valence-corrected chi connectivity index (χ4v) is 6.31. The molecular weight excluding hydrogens is 669 g/mol. The number of amides is 3. The van der Waals surface area contributed by atoms with Gasteiger partial charge in [0, 0.05) is 45.0 Å². The number of carbonyl (C=O) groups is 5. The Hall–Kier alpha value is -6.66. The van der Waals surface area contributed by atoms with E-state index < -0.39 is 27.9 Å². The molecule has 51 heavy (non-hydrogen) atoms. The maximum absolute atomic E-state index is 13.5. The first-order valence-corrected chi connectivity index (χ1v) is 16.5. The second-order valence-electron chi connectivity index (χ2n) is 11.4. The van der Waals surface area contributed by atoms with Gasteiger partial charge in [-0.05, 0) is 67.1 Å². The van der Waals surface area contributed by atoms with Crippen LogP contribution in [0.2, 0.25) is 0 Å². The molecule has 1 atom stereocenters. The van der Waals surface area contributed by atoms with Crippen molar-refractivity contribution >= 4 is 64.2 Å². The maximum atomic E-state index is 13.5. The first-order valence-electron chi connectivity index (χ1n) is 15.6. The first-order chi connectivity index (χ1) is 24.6. The van der Waals surface area contributed by atoms with Crippen molar-refractivity contribution < 1.29 is 28.9 Å². The van der Waals surface area contributed by atoms with Crippen molar-refractivity contribution in [3.8, 4) is 0 Å². The van der Waals surface area contributed by atoms with E-state index in [-0.39, 0.29) is 45.3 Å². The van der Waals surface area contributed by atoms with Gasteiger partial charge in [0.25, 0.3) is 17.5 Å². The summed E-state index contributed by atoms with van der Waals surface area (Å²) in [7, 11) is 0. The van der Waals surface area contributed by atoms with E-state index in [0.29, 0.717) is 27.3 Å². The van der Waals surface area contributed by atoms with Gasteiger partial charge in [0.05, 0.1) is 21.4 Å². The van der Waals surface area contributed by atoms with Gasteiger partial charge in [-0.1, -0.05) is 60.7 Å². The highest BCUT2D eigenvalue weighted by molar-refractivity contribution is 8.00. The highest BCUT2D eigenvalue weighted by Crippen LogP contribution is 2.33. The number of anilines is 2. The van der Waals surface area contributed by atoms with Crippen LogP contribution >= 0.6 is 11.8 Å². The van der Waals surface area contributed by atoms with Crippen molar-refractivity contribution in [3.63, 3.8) is 0 Å². The van der Waals surface area contributed by atoms with Crippen molar-refractivity contribution in [1.29, 1.82) is 0 Å². The highest BCUT2D eigenvalue weighted by atomic mass is 32.2. The van der Waals surface area contributed by atoms with Crippen LogP contribution in [0.15, 0.2) is 132 Å². The number of hydrogen-bond donors (Lipinski definition) is 3. The van der Waals surface area contributed by atoms with Gasteiger partial charge in [-0.3, -0.25) is 34.1 Å². The standard InChI is InChI=1S/C39H28N4O7S/c1-23(37(46)41-32-16-8-15-31-34(32)36(45)30-14-6-5-13-29(30)35(31)44)51-28-12-7-11-26(22-28)40-39(48)33(42-38(47)25-9-3-2-4-10-25)21-24-17-19-27(20-18-24)43(49)50/h2-23H,1H3,(H,40,48)(H,41,46)(H,42,47)/b33-21+. The molecule has 0 aliphatic heterocycles. The monoisotopic (exact) mass is 696 g/mol. The predicted octanol–water partition coefficient (Wildman–Crippen LogP) is 6.90. The third-order valence-electron chi connectivity index (χ3n) is 7.93. The number of ketones is 2. The normalized spacial score (nSPS) is 12.6.